The predicted octanol–water partition coefficient (Wildman–Crippen LogP) is 4.33. The number of hydroxylamine groups is 1. The van der Waals surface area contributed by atoms with Gasteiger partial charge in [0.15, 0.2) is 0 Å². The van der Waals surface area contributed by atoms with E-state index in [-0.39, 0.29) is 34.9 Å². The van der Waals surface area contributed by atoms with Crippen molar-refractivity contribution in [3.05, 3.63) is 23.4 Å². The molecule has 6 atom stereocenters. The molecule has 0 aromatic rings. The highest BCUT2D eigenvalue weighted by Crippen LogP contribution is 2.66. The summed E-state index contributed by atoms with van der Waals surface area (Å²) in [6, 6.07) is 0. The van der Waals surface area contributed by atoms with Crippen molar-refractivity contribution in [2.75, 3.05) is 13.2 Å². The summed E-state index contributed by atoms with van der Waals surface area (Å²) in [4.78, 5) is 17.9. The van der Waals surface area contributed by atoms with Crippen molar-refractivity contribution >= 4 is 5.78 Å². The minimum absolute atomic E-state index is 0.00433. The lowest BCUT2D eigenvalue weighted by atomic mass is 9.45. The number of carbonyl (C=O) groups excluding carboxylic acids is 1. The molecule has 3 saturated carbocycles. The normalized spacial score (nSPS) is 42.4. The highest BCUT2D eigenvalue weighted by atomic mass is 19.3. The van der Waals surface area contributed by atoms with Crippen molar-refractivity contribution in [2.24, 2.45) is 40.2 Å². The molecule has 4 rings (SSSR count). The zero-order chi connectivity index (χ0) is 20.1. The number of nitrogens with two attached hydrogens (primary N) is 1. The van der Waals surface area contributed by atoms with Crippen LogP contribution in [-0.4, -0.2) is 18.9 Å². The third kappa shape index (κ3) is 2.95. The van der Waals surface area contributed by atoms with Crippen molar-refractivity contribution in [2.45, 2.75) is 58.8 Å². The maximum absolute atomic E-state index is 14.1. The molecule has 3 fully saturated rings. The number of nitrogens with one attached hydrogen (secondary N) is 1. The van der Waals surface area contributed by atoms with E-state index in [9.17, 15) is 13.6 Å². The smallest absolute Gasteiger partial charge is 0.269 e. The van der Waals surface area contributed by atoms with E-state index < -0.39 is 11.5 Å². The molecule has 0 heterocycles. The monoisotopic (exact) mass is 394 g/mol. The summed E-state index contributed by atoms with van der Waals surface area (Å²) in [7, 11) is 0. The molecule has 0 amide bonds. The number of carbonyl (C=O) groups is 1. The number of fused-ring (bicyclic) bond motifs is 5. The number of hydrogen-bond acceptors (Lipinski definition) is 4. The molecule has 0 radical (unpaired) electrons. The van der Waals surface area contributed by atoms with E-state index in [1.54, 1.807) is 0 Å². The molecule has 3 N–H and O–H groups in total. The summed E-state index contributed by atoms with van der Waals surface area (Å²) in [6.45, 7) is 5.17. The van der Waals surface area contributed by atoms with Crippen LogP contribution in [0.15, 0.2) is 23.4 Å². The largest absolute Gasteiger partial charge is 0.328 e. The molecule has 1 unspecified atom stereocenters. The van der Waals surface area contributed by atoms with Crippen LogP contribution >= 0.6 is 0 Å². The Kier molecular flexibility index (Phi) is 5.15. The van der Waals surface area contributed by atoms with Gasteiger partial charge in [-0.25, -0.2) is 0 Å². The number of allylic oxidation sites excluding steroid dienone is 3. The van der Waals surface area contributed by atoms with E-state index in [1.807, 2.05) is 6.92 Å². The molecule has 0 aromatic heterocycles. The van der Waals surface area contributed by atoms with Crippen molar-refractivity contribution in [1.29, 1.82) is 0 Å². The van der Waals surface area contributed by atoms with Gasteiger partial charge in [0.1, 0.15) is 5.78 Å². The van der Waals surface area contributed by atoms with E-state index in [1.165, 1.54) is 0 Å². The second kappa shape index (κ2) is 7.21. The van der Waals surface area contributed by atoms with E-state index in [0.717, 1.165) is 37.8 Å². The zero-order valence-corrected chi connectivity index (χ0v) is 16.9. The highest BCUT2D eigenvalue weighted by Gasteiger charge is 2.61. The Balaban J connectivity index is 1.66. The van der Waals surface area contributed by atoms with Crippen molar-refractivity contribution < 1.29 is 18.4 Å². The fourth-order valence-corrected chi connectivity index (χ4v) is 6.86. The molecular weight excluding hydrogens is 362 g/mol. The Morgan fingerprint density at radius 2 is 2.04 bits per heavy atom. The first kappa shape index (κ1) is 20.0. The van der Waals surface area contributed by atoms with Crippen LogP contribution in [0.2, 0.25) is 0 Å². The molecule has 4 nitrogen and oxygen atoms in total. The molecule has 0 spiro atoms. The number of hydrogen-bond donors (Lipinski definition) is 2. The molecule has 28 heavy (non-hydrogen) atoms. The van der Waals surface area contributed by atoms with Crippen LogP contribution in [0.5, 0.6) is 0 Å². The molecule has 0 aromatic carbocycles. The van der Waals surface area contributed by atoms with Gasteiger partial charge in [-0.05, 0) is 73.2 Å². The summed E-state index contributed by atoms with van der Waals surface area (Å²) < 4.78 is 28.2. The van der Waals surface area contributed by atoms with Crippen molar-refractivity contribution in [1.82, 2.24) is 5.48 Å². The second-order valence-corrected chi connectivity index (χ2v) is 9.69. The van der Waals surface area contributed by atoms with Gasteiger partial charge in [0.2, 0.25) is 0 Å². The average molecular weight is 395 g/mol. The Hall–Kier alpha value is -1.27. The summed E-state index contributed by atoms with van der Waals surface area (Å²) >= 11 is 0. The topological polar surface area (TPSA) is 64.3 Å². The van der Waals surface area contributed by atoms with E-state index in [0.29, 0.717) is 31.6 Å². The summed E-state index contributed by atoms with van der Waals surface area (Å²) in [5, 5.41) is 0. The van der Waals surface area contributed by atoms with Gasteiger partial charge in [0, 0.05) is 24.1 Å². The van der Waals surface area contributed by atoms with Gasteiger partial charge >= 0.3 is 0 Å². The van der Waals surface area contributed by atoms with Crippen LogP contribution in [-0.2, 0) is 9.63 Å². The Bertz CT molecular complexity index is 717. The lowest BCUT2D eigenvalue weighted by molar-refractivity contribution is -0.133. The van der Waals surface area contributed by atoms with Crippen LogP contribution in [0, 0.1) is 34.5 Å². The third-order valence-corrected chi connectivity index (χ3v) is 8.52. The Morgan fingerprint density at radius 3 is 2.75 bits per heavy atom. The maximum Gasteiger partial charge on any atom is 0.269 e. The summed E-state index contributed by atoms with van der Waals surface area (Å²) in [6.07, 6.45) is 5.84. The fraction of sp³-hybridized carbons (Fsp3) is 0.773. The van der Waals surface area contributed by atoms with Gasteiger partial charge in [0.05, 0.1) is 6.61 Å². The molecule has 4 aliphatic carbocycles. The van der Waals surface area contributed by atoms with E-state index >= 15 is 0 Å². The number of Topliss-reactive ketones (excluding diaryl/α,β-unsaturated/α-hetero) is 1. The fourth-order valence-electron chi connectivity index (χ4n) is 6.86. The lowest BCUT2D eigenvalue weighted by Gasteiger charge is -2.59. The second-order valence-electron chi connectivity index (χ2n) is 9.69. The van der Waals surface area contributed by atoms with Crippen LogP contribution in [0.1, 0.15) is 58.8 Å². The first-order chi connectivity index (χ1) is 13.3. The average Bonchev–Trinajstić information content (AvgIpc) is 2.96. The van der Waals surface area contributed by atoms with Gasteiger partial charge in [-0.3, -0.25) is 15.1 Å². The Morgan fingerprint density at radius 1 is 1.25 bits per heavy atom. The van der Waals surface area contributed by atoms with Gasteiger partial charge in [-0.1, -0.05) is 19.9 Å². The summed E-state index contributed by atoms with van der Waals surface area (Å²) in [5.74, 6) is 0.505. The number of rotatable bonds is 4. The molecule has 0 bridgehead atoms. The molecule has 4 aliphatic rings. The molecule has 6 heteroatoms. The SMILES string of the molecule is C[C@]12CCC(NOCCN)=CC1CC(=C(F)F)[C@@H]1[C@H]2CC[C@]2(C)C(=O)CC[C@@H]12. The van der Waals surface area contributed by atoms with Gasteiger partial charge < -0.3 is 5.73 Å². The number of ketones is 1. The van der Waals surface area contributed by atoms with Crippen LogP contribution < -0.4 is 11.2 Å². The van der Waals surface area contributed by atoms with Gasteiger partial charge in [-0.2, -0.15) is 8.78 Å². The van der Waals surface area contributed by atoms with Crippen molar-refractivity contribution in [3.63, 3.8) is 0 Å². The summed E-state index contributed by atoms with van der Waals surface area (Å²) in [5.41, 5.74) is 9.32. The molecule has 156 valence electrons. The lowest BCUT2D eigenvalue weighted by Crippen LogP contribution is -2.53. The van der Waals surface area contributed by atoms with Gasteiger partial charge in [0.25, 0.3) is 6.08 Å². The zero-order valence-electron chi connectivity index (χ0n) is 16.9. The molecule has 0 saturated heterocycles. The van der Waals surface area contributed by atoms with E-state index in [4.69, 9.17) is 10.6 Å². The minimum Gasteiger partial charge on any atom is -0.328 e. The first-order valence-electron chi connectivity index (χ1n) is 10.7. The van der Waals surface area contributed by atoms with Gasteiger partial charge in [-0.15, -0.1) is 0 Å². The molecular formula is C22H32F2N2O2. The minimum atomic E-state index is -1.52. The van der Waals surface area contributed by atoms with Crippen molar-refractivity contribution in [3.8, 4) is 0 Å². The third-order valence-electron chi connectivity index (χ3n) is 8.52. The number of halogens is 2. The predicted molar refractivity (Wildman–Crippen MR) is 103 cm³/mol. The quantitative estimate of drug-likeness (QED) is 0.550. The molecule has 0 aliphatic heterocycles. The van der Waals surface area contributed by atoms with Crippen LogP contribution in [0.4, 0.5) is 8.78 Å². The first-order valence-corrected chi connectivity index (χ1v) is 10.7. The van der Waals surface area contributed by atoms with Crippen LogP contribution in [0.3, 0.4) is 0 Å². The standard InChI is InChI=1S/C22H32F2N2O2/c1-21-7-5-14(26-28-10-9-25)11-13(21)12-15(20(23)24)19-16-3-4-18(27)22(16,2)8-6-17(19)21/h11,13,16-17,19,26H,3-10,12,25H2,1-2H3/t13?,16-,17+,19-,21-,22-/m0/s1. The van der Waals surface area contributed by atoms with E-state index in [2.05, 4.69) is 18.5 Å². The Labute approximate surface area is 165 Å². The van der Waals surface area contributed by atoms with Crippen LogP contribution in [0.25, 0.3) is 0 Å². The highest BCUT2D eigenvalue weighted by molar-refractivity contribution is 5.87. The maximum atomic E-state index is 14.1.